The molecule has 3 nitrogen and oxygen atoms in total. The lowest BCUT2D eigenvalue weighted by Gasteiger charge is -2.31. The maximum Gasteiger partial charge on any atom is 0.0507 e. The smallest absolute Gasteiger partial charge is 0.0507 e. The molecule has 3 heteroatoms. The molecule has 1 fully saturated rings. The number of hydrogen-bond acceptors (Lipinski definition) is 3. The average Bonchev–Trinajstić information content (AvgIpc) is 2.72. The van der Waals surface area contributed by atoms with Crippen LogP contribution in [0, 0.1) is 5.92 Å². The molecule has 1 atom stereocenters. The van der Waals surface area contributed by atoms with Gasteiger partial charge in [0.05, 0.1) is 6.61 Å². The number of hydrogen-bond donors (Lipinski definition) is 1. The van der Waals surface area contributed by atoms with E-state index in [0.717, 1.165) is 32.2 Å². The van der Waals surface area contributed by atoms with Crippen molar-refractivity contribution in [3.05, 3.63) is 0 Å². The van der Waals surface area contributed by atoms with Gasteiger partial charge in [-0.1, -0.05) is 13.8 Å². The summed E-state index contributed by atoms with van der Waals surface area (Å²) in [6, 6.07) is 0.703. The zero-order chi connectivity index (χ0) is 11.1. The number of nitrogens with two attached hydrogens (primary N) is 1. The Hall–Kier alpha value is -0.120. The predicted octanol–water partition coefficient (Wildman–Crippen LogP) is 1.47. The Labute approximate surface area is 94.0 Å². The van der Waals surface area contributed by atoms with E-state index in [1.807, 2.05) is 0 Å². The Bertz CT molecular complexity index is 154. The van der Waals surface area contributed by atoms with Gasteiger partial charge in [-0.3, -0.25) is 4.90 Å². The number of nitrogens with zero attached hydrogens (tertiary/aromatic N) is 1. The summed E-state index contributed by atoms with van der Waals surface area (Å²) in [6.45, 7) is 9.40. The van der Waals surface area contributed by atoms with Crippen molar-refractivity contribution in [3.63, 3.8) is 0 Å². The second-order valence-electron chi connectivity index (χ2n) is 4.48. The second kappa shape index (κ2) is 7.20. The lowest BCUT2D eigenvalue weighted by Crippen LogP contribution is -2.41. The number of rotatable bonds is 7. The van der Waals surface area contributed by atoms with Gasteiger partial charge in [-0.05, 0) is 25.2 Å². The van der Waals surface area contributed by atoms with E-state index in [1.54, 1.807) is 0 Å². The van der Waals surface area contributed by atoms with Crippen molar-refractivity contribution in [1.29, 1.82) is 0 Å². The molecular weight excluding hydrogens is 188 g/mol. The molecule has 0 aliphatic carbocycles. The zero-order valence-electron chi connectivity index (χ0n) is 10.2. The molecule has 15 heavy (non-hydrogen) atoms. The minimum absolute atomic E-state index is 0.703. The third-order valence-electron chi connectivity index (χ3n) is 3.39. The van der Waals surface area contributed by atoms with Gasteiger partial charge < -0.3 is 10.5 Å². The van der Waals surface area contributed by atoms with E-state index in [4.69, 9.17) is 10.5 Å². The molecule has 1 rings (SSSR count). The first kappa shape index (κ1) is 12.9. The van der Waals surface area contributed by atoms with Gasteiger partial charge in [0, 0.05) is 32.3 Å². The summed E-state index contributed by atoms with van der Waals surface area (Å²) in [4.78, 5) is 2.55. The second-order valence-corrected chi connectivity index (χ2v) is 4.48. The topological polar surface area (TPSA) is 38.5 Å². The number of ether oxygens (including phenoxy) is 1. The Morgan fingerprint density at radius 2 is 2.13 bits per heavy atom. The molecule has 90 valence electrons. The van der Waals surface area contributed by atoms with E-state index >= 15 is 0 Å². The fourth-order valence-corrected chi connectivity index (χ4v) is 2.45. The molecular formula is C12H26N2O. The molecule has 1 saturated heterocycles. The first-order valence-electron chi connectivity index (χ1n) is 6.33. The summed E-state index contributed by atoms with van der Waals surface area (Å²) in [5.74, 6) is 0.733. The van der Waals surface area contributed by atoms with Crippen LogP contribution < -0.4 is 5.73 Å². The molecule has 0 radical (unpaired) electrons. The first-order valence-corrected chi connectivity index (χ1v) is 6.33. The van der Waals surface area contributed by atoms with E-state index < -0.39 is 0 Å². The van der Waals surface area contributed by atoms with E-state index in [9.17, 15) is 0 Å². The van der Waals surface area contributed by atoms with Crippen LogP contribution >= 0.6 is 0 Å². The van der Waals surface area contributed by atoms with Gasteiger partial charge in [0.15, 0.2) is 0 Å². The fraction of sp³-hybridized carbons (Fsp3) is 1.00. The van der Waals surface area contributed by atoms with Crippen LogP contribution in [0.3, 0.4) is 0 Å². The van der Waals surface area contributed by atoms with Crippen molar-refractivity contribution < 1.29 is 4.74 Å². The molecule has 0 amide bonds. The van der Waals surface area contributed by atoms with E-state index in [1.165, 1.54) is 25.8 Å². The minimum Gasteiger partial charge on any atom is -0.381 e. The lowest BCUT2D eigenvalue weighted by molar-refractivity contribution is 0.140. The van der Waals surface area contributed by atoms with Crippen molar-refractivity contribution >= 4 is 0 Å². The van der Waals surface area contributed by atoms with Crippen LogP contribution in [-0.4, -0.2) is 43.8 Å². The average molecular weight is 214 g/mol. The SMILES string of the molecule is CCC(CC)N(CCN)CC1CCOC1. The molecule has 1 heterocycles. The third-order valence-corrected chi connectivity index (χ3v) is 3.39. The maximum absolute atomic E-state index is 5.68. The van der Waals surface area contributed by atoms with Gasteiger partial charge in [-0.15, -0.1) is 0 Å². The monoisotopic (exact) mass is 214 g/mol. The third kappa shape index (κ3) is 4.09. The maximum atomic E-state index is 5.68. The molecule has 1 unspecified atom stereocenters. The van der Waals surface area contributed by atoms with Crippen LogP contribution in [-0.2, 0) is 4.74 Å². The summed E-state index contributed by atoms with van der Waals surface area (Å²) in [5.41, 5.74) is 5.68. The van der Waals surface area contributed by atoms with Crippen LogP contribution in [0.4, 0.5) is 0 Å². The summed E-state index contributed by atoms with van der Waals surface area (Å²) in [5, 5.41) is 0. The Balaban J connectivity index is 2.40. The summed E-state index contributed by atoms with van der Waals surface area (Å²) in [6.07, 6.45) is 3.68. The van der Waals surface area contributed by atoms with Crippen molar-refractivity contribution in [3.8, 4) is 0 Å². The lowest BCUT2D eigenvalue weighted by atomic mass is 10.0. The first-order chi connectivity index (χ1) is 7.31. The molecule has 1 aliphatic heterocycles. The Morgan fingerprint density at radius 1 is 1.40 bits per heavy atom. The normalized spacial score (nSPS) is 21.8. The van der Waals surface area contributed by atoms with Gasteiger partial charge in [-0.25, -0.2) is 0 Å². The van der Waals surface area contributed by atoms with Crippen molar-refractivity contribution in [2.75, 3.05) is 32.8 Å². The summed E-state index contributed by atoms with van der Waals surface area (Å²) in [7, 11) is 0. The van der Waals surface area contributed by atoms with E-state index in [0.29, 0.717) is 6.04 Å². The Morgan fingerprint density at radius 3 is 2.60 bits per heavy atom. The minimum atomic E-state index is 0.703. The molecule has 0 spiro atoms. The van der Waals surface area contributed by atoms with Crippen LogP contribution in [0.2, 0.25) is 0 Å². The van der Waals surface area contributed by atoms with E-state index in [-0.39, 0.29) is 0 Å². The van der Waals surface area contributed by atoms with Crippen molar-refractivity contribution in [2.24, 2.45) is 11.7 Å². The molecule has 0 bridgehead atoms. The van der Waals surface area contributed by atoms with Crippen LogP contribution in [0.15, 0.2) is 0 Å². The Kier molecular flexibility index (Phi) is 6.22. The molecule has 0 aromatic carbocycles. The highest BCUT2D eigenvalue weighted by atomic mass is 16.5. The molecule has 0 aromatic heterocycles. The summed E-state index contributed by atoms with van der Waals surface area (Å²) >= 11 is 0. The summed E-state index contributed by atoms with van der Waals surface area (Å²) < 4.78 is 5.43. The highest BCUT2D eigenvalue weighted by Gasteiger charge is 2.22. The molecule has 1 aliphatic rings. The van der Waals surface area contributed by atoms with Gasteiger partial charge in [0.2, 0.25) is 0 Å². The molecule has 0 aromatic rings. The zero-order valence-corrected chi connectivity index (χ0v) is 10.2. The molecule has 0 saturated carbocycles. The van der Waals surface area contributed by atoms with Crippen LogP contribution in [0.25, 0.3) is 0 Å². The highest BCUT2D eigenvalue weighted by Crippen LogP contribution is 2.17. The van der Waals surface area contributed by atoms with Gasteiger partial charge in [0.25, 0.3) is 0 Å². The quantitative estimate of drug-likeness (QED) is 0.697. The molecule has 2 N–H and O–H groups in total. The van der Waals surface area contributed by atoms with Crippen molar-refractivity contribution in [2.45, 2.75) is 39.2 Å². The van der Waals surface area contributed by atoms with Gasteiger partial charge in [-0.2, -0.15) is 0 Å². The largest absolute Gasteiger partial charge is 0.381 e. The van der Waals surface area contributed by atoms with Crippen molar-refractivity contribution in [1.82, 2.24) is 4.90 Å². The highest BCUT2D eigenvalue weighted by molar-refractivity contribution is 4.75. The fourth-order valence-electron chi connectivity index (χ4n) is 2.45. The van der Waals surface area contributed by atoms with Gasteiger partial charge >= 0.3 is 0 Å². The predicted molar refractivity (Wildman–Crippen MR) is 63.9 cm³/mol. The van der Waals surface area contributed by atoms with Crippen LogP contribution in [0.1, 0.15) is 33.1 Å². The standard InChI is InChI=1S/C12H26N2O/c1-3-12(4-2)14(7-6-13)9-11-5-8-15-10-11/h11-12H,3-10,13H2,1-2H3. The van der Waals surface area contributed by atoms with Crippen LogP contribution in [0.5, 0.6) is 0 Å². The van der Waals surface area contributed by atoms with Gasteiger partial charge in [0.1, 0.15) is 0 Å². The van der Waals surface area contributed by atoms with E-state index in [2.05, 4.69) is 18.7 Å².